The highest BCUT2D eigenvalue weighted by Crippen LogP contribution is 2.27. The van der Waals surface area contributed by atoms with Crippen molar-refractivity contribution in [1.82, 2.24) is 9.88 Å². The highest BCUT2D eigenvalue weighted by molar-refractivity contribution is 5.63. The normalized spacial score (nSPS) is 15.1. The minimum atomic E-state index is -0.448. The van der Waals surface area contributed by atoms with E-state index in [1.165, 1.54) is 31.7 Å². The second-order valence-electron chi connectivity index (χ2n) is 6.36. The number of rotatable bonds is 6. The fraction of sp³-hybridized carbons (Fsp3) is 0.350. The van der Waals surface area contributed by atoms with Crippen LogP contribution >= 0.6 is 0 Å². The molecule has 3 rings (SSSR count). The van der Waals surface area contributed by atoms with Crippen molar-refractivity contribution in [2.24, 2.45) is 0 Å². The molecule has 0 atom stereocenters. The lowest BCUT2D eigenvalue weighted by molar-refractivity contribution is 0.211. The van der Waals surface area contributed by atoms with E-state index in [2.05, 4.69) is 16.5 Å². The van der Waals surface area contributed by atoms with Crippen molar-refractivity contribution in [1.29, 1.82) is 0 Å². The van der Waals surface area contributed by atoms with Gasteiger partial charge >= 0.3 is 0 Å². The summed E-state index contributed by atoms with van der Waals surface area (Å²) in [5.41, 5.74) is 1.86. The maximum Gasteiger partial charge on any atom is 0.131 e. The number of nitrogens with zero attached hydrogens (tertiary/aromatic N) is 2. The van der Waals surface area contributed by atoms with Gasteiger partial charge in [-0.1, -0.05) is 18.9 Å². The lowest BCUT2D eigenvalue weighted by atomic mass is 10.0. The number of hydrogen-bond donors (Lipinski definition) is 0. The van der Waals surface area contributed by atoms with Gasteiger partial charge in [-0.3, -0.25) is 9.88 Å². The third-order valence-corrected chi connectivity index (χ3v) is 4.62. The maximum atomic E-state index is 14.0. The summed E-state index contributed by atoms with van der Waals surface area (Å²) in [5.74, 6) is -0.884. The molecule has 4 heteroatoms. The average Bonchev–Trinajstić information content (AvgIpc) is 3.11. The molecule has 0 aliphatic heterocycles. The van der Waals surface area contributed by atoms with Gasteiger partial charge in [-0.15, -0.1) is 6.58 Å². The van der Waals surface area contributed by atoms with Gasteiger partial charge in [0.1, 0.15) is 11.6 Å². The Morgan fingerprint density at radius 2 is 1.96 bits per heavy atom. The van der Waals surface area contributed by atoms with Crippen LogP contribution in [0, 0.1) is 11.6 Å². The molecule has 1 aliphatic rings. The fourth-order valence-electron chi connectivity index (χ4n) is 3.45. The van der Waals surface area contributed by atoms with E-state index in [-0.39, 0.29) is 5.56 Å². The molecule has 1 aromatic heterocycles. The Labute approximate surface area is 141 Å². The Kier molecular flexibility index (Phi) is 5.36. The molecule has 24 heavy (non-hydrogen) atoms. The molecule has 1 heterocycles. The predicted molar refractivity (Wildman–Crippen MR) is 92.5 cm³/mol. The van der Waals surface area contributed by atoms with Crippen LogP contribution in [0.5, 0.6) is 0 Å². The first kappa shape index (κ1) is 16.8. The summed E-state index contributed by atoms with van der Waals surface area (Å²) in [4.78, 5) is 6.62. The second-order valence-corrected chi connectivity index (χ2v) is 6.36. The minimum Gasteiger partial charge on any atom is -0.292 e. The average molecular weight is 328 g/mol. The molecule has 0 unspecified atom stereocenters. The van der Waals surface area contributed by atoms with Gasteiger partial charge in [0.25, 0.3) is 0 Å². The van der Waals surface area contributed by atoms with Gasteiger partial charge in [0.2, 0.25) is 0 Å². The van der Waals surface area contributed by atoms with Gasteiger partial charge in [0, 0.05) is 42.7 Å². The van der Waals surface area contributed by atoms with Crippen LogP contribution in [0.4, 0.5) is 8.78 Å². The van der Waals surface area contributed by atoms with E-state index >= 15 is 0 Å². The smallest absolute Gasteiger partial charge is 0.131 e. The van der Waals surface area contributed by atoms with Crippen LogP contribution in [-0.2, 0) is 6.54 Å². The third-order valence-electron chi connectivity index (χ3n) is 4.62. The molecule has 0 spiro atoms. The van der Waals surface area contributed by atoms with Crippen molar-refractivity contribution < 1.29 is 8.78 Å². The molecule has 0 saturated heterocycles. The van der Waals surface area contributed by atoms with Crippen LogP contribution in [0.3, 0.4) is 0 Å². The van der Waals surface area contributed by atoms with E-state index in [1.54, 1.807) is 12.4 Å². The van der Waals surface area contributed by atoms with Crippen LogP contribution in [0.1, 0.15) is 31.2 Å². The van der Waals surface area contributed by atoms with Crippen LogP contribution in [0.25, 0.3) is 11.1 Å². The lowest BCUT2D eigenvalue weighted by Gasteiger charge is -2.27. The largest absolute Gasteiger partial charge is 0.292 e. The highest BCUT2D eigenvalue weighted by Gasteiger charge is 2.22. The van der Waals surface area contributed by atoms with E-state index in [9.17, 15) is 8.78 Å². The first-order valence-corrected chi connectivity index (χ1v) is 8.41. The summed E-state index contributed by atoms with van der Waals surface area (Å²) < 4.78 is 27.4. The molecule has 2 aromatic rings. The first-order chi connectivity index (χ1) is 11.7. The third kappa shape index (κ3) is 3.88. The Balaban J connectivity index is 1.84. The Bertz CT molecular complexity index is 709. The zero-order valence-corrected chi connectivity index (χ0v) is 13.7. The summed E-state index contributed by atoms with van der Waals surface area (Å²) in [6, 6.07) is 5.96. The van der Waals surface area contributed by atoms with Crippen LogP contribution < -0.4 is 0 Å². The molecule has 0 amide bonds. The molecule has 1 aliphatic carbocycles. The second kappa shape index (κ2) is 7.67. The van der Waals surface area contributed by atoms with Crippen molar-refractivity contribution in [3.63, 3.8) is 0 Å². The first-order valence-electron chi connectivity index (χ1n) is 8.41. The van der Waals surface area contributed by atoms with Gasteiger partial charge in [-0.25, -0.2) is 8.78 Å². The zero-order chi connectivity index (χ0) is 16.9. The SMILES string of the molecule is C=CCN(Cc1cncc(-c2cc(F)ccc2F)c1)C1CCCC1. The van der Waals surface area contributed by atoms with Gasteiger partial charge in [-0.05, 0) is 42.7 Å². The number of aromatic nitrogens is 1. The summed E-state index contributed by atoms with van der Waals surface area (Å²) in [5, 5.41) is 0. The molecular weight excluding hydrogens is 306 g/mol. The number of hydrogen-bond acceptors (Lipinski definition) is 2. The lowest BCUT2D eigenvalue weighted by Crippen LogP contribution is -2.32. The number of benzene rings is 1. The Morgan fingerprint density at radius 3 is 2.71 bits per heavy atom. The molecule has 1 aromatic carbocycles. The summed E-state index contributed by atoms with van der Waals surface area (Å²) >= 11 is 0. The quantitative estimate of drug-likeness (QED) is 0.697. The Morgan fingerprint density at radius 1 is 1.17 bits per heavy atom. The van der Waals surface area contributed by atoms with E-state index in [0.29, 0.717) is 11.6 Å². The molecule has 1 fully saturated rings. The molecule has 2 nitrogen and oxygen atoms in total. The van der Waals surface area contributed by atoms with Crippen LogP contribution in [0.15, 0.2) is 49.3 Å². The van der Waals surface area contributed by atoms with E-state index < -0.39 is 11.6 Å². The monoisotopic (exact) mass is 328 g/mol. The van der Waals surface area contributed by atoms with E-state index in [1.807, 2.05) is 12.1 Å². The standard InChI is InChI=1S/C20H22F2N2/c1-2-9-24(18-5-3-4-6-18)14-15-10-16(13-23-12-15)19-11-17(21)7-8-20(19)22/h2,7-8,10-13,18H,1,3-6,9,14H2. The van der Waals surface area contributed by atoms with E-state index in [0.717, 1.165) is 30.8 Å². The fourth-order valence-corrected chi connectivity index (χ4v) is 3.45. The van der Waals surface area contributed by atoms with Crippen LogP contribution in [-0.4, -0.2) is 22.5 Å². The van der Waals surface area contributed by atoms with Crippen molar-refractivity contribution in [3.8, 4) is 11.1 Å². The molecular formula is C20H22F2N2. The molecule has 0 radical (unpaired) electrons. The maximum absolute atomic E-state index is 14.0. The zero-order valence-electron chi connectivity index (χ0n) is 13.7. The van der Waals surface area contributed by atoms with Crippen LogP contribution in [0.2, 0.25) is 0 Å². The molecule has 126 valence electrons. The summed E-state index contributed by atoms with van der Waals surface area (Å²) in [6.07, 6.45) is 10.2. The van der Waals surface area contributed by atoms with Gasteiger partial charge < -0.3 is 0 Å². The molecule has 1 saturated carbocycles. The van der Waals surface area contributed by atoms with Crippen molar-refractivity contribution in [2.45, 2.75) is 38.3 Å². The summed E-state index contributed by atoms with van der Waals surface area (Å²) in [7, 11) is 0. The van der Waals surface area contributed by atoms with Crippen molar-refractivity contribution >= 4 is 0 Å². The van der Waals surface area contributed by atoms with Crippen molar-refractivity contribution in [3.05, 3.63) is 66.5 Å². The van der Waals surface area contributed by atoms with Gasteiger partial charge in [0.15, 0.2) is 0 Å². The van der Waals surface area contributed by atoms with E-state index in [4.69, 9.17) is 0 Å². The van der Waals surface area contributed by atoms with Gasteiger partial charge in [-0.2, -0.15) is 0 Å². The van der Waals surface area contributed by atoms with Gasteiger partial charge in [0.05, 0.1) is 0 Å². The number of halogens is 2. The number of pyridine rings is 1. The predicted octanol–water partition coefficient (Wildman–Crippen LogP) is 4.96. The highest BCUT2D eigenvalue weighted by atomic mass is 19.1. The minimum absolute atomic E-state index is 0.250. The topological polar surface area (TPSA) is 16.1 Å². The molecule has 0 N–H and O–H groups in total. The molecule has 0 bridgehead atoms. The Hall–Kier alpha value is -2.07. The van der Waals surface area contributed by atoms with Crippen molar-refractivity contribution in [2.75, 3.05) is 6.54 Å². The summed E-state index contributed by atoms with van der Waals surface area (Å²) in [6.45, 7) is 5.42.